The van der Waals surface area contributed by atoms with Crippen molar-refractivity contribution in [3.05, 3.63) is 34.8 Å². The van der Waals surface area contributed by atoms with Crippen molar-refractivity contribution < 1.29 is 14.3 Å². The molecule has 0 aliphatic carbocycles. The second kappa shape index (κ2) is 9.50. The molecule has 1 aliphatic rings. The van der Waals surface area contributed by atoms with Crippen LogP contribution in [0.5, 0.6) is 5.75 Å². The molecular weight excluding hydrogens is 378 g/mol. The lowest BCUT2D eigenvalue weighted by molar-refractivity contribution is 0.0694. The van der Waals surface area contributed by atoms with Crippen molar-refractivity contribution in [2.24, 2.45) is 5.92 Å². The molecule has 1 aromatic heterocycles. The van der Waals surface area contributed by atoms with Crippen LogP contribution in [0.15, 0.2) is 24.3 Å². The van der Waals surface area contributed by atoms with Crippen LogP contribution in [-0.4, -0.2) is 52.7 Å². The molecule has 1 fully saturated rings. The molecule has 0 bridgehead atoms. The second-order valence-corrected chi connectivity index (χ2v) is 7.47. The smallest absolute Gasteiger partial charge is 0.319 e. The summed E-state index contributed by atoms with van der Waals surface area (Å²) in [7, 11) is 0. The van der Waals surface area contributed by atoms with E-state index in [2.05, 4.69) is 20.2 Å². The number of urea groups is 1. The molecule has 2 heterocycles. The van der Waals surface area contributed by atoms with Crippen LogP contribution in [-0.2, 0) is 0 Å². The van der Waals surface area contributed by atoms with Crippen molar-refractivity contribution >= 4 is 29.2 Å². The SMILES string of the molecule is CCOc1ccc(NC(=O)NCC2CCN(C(=O)c3snnc3C)CC2)cc1. The number of aryl methyl sites for hydroxylation is 1. The van der Waals surface area contributed by atoms with Crippen molar-refractivity contribution in [1.29, 1.82) is 0 Å². The molecule has 9 heteroatoms. The van der Waals surface area contributed by atoms with Crippen LogP contribution >= 0.6 is 11.5 Å². The third kappa shape index (κ3) is 5.19. The lowest BCUT2D eigenvalue weighted by atomic mass is 9.96. The predicted octanol–water partition coefficient (Wildman–Crippen LogP) is 2.92. The number of aromatic nitrogens is 2. The number of likely N-dealkylation sites (tertiary alicyclic amines) is 1. The zero-order valence-corrected chi connectivity index (χ0v) is 16.9. The van der Waals surface area contributed by atoms with Gasteiger partial charge >= 0.3 is 6.03 Å². The number of carbonyl (C=O) groups is 2. The van der Waals surface area contributed by atoms with Crippen LogP contribution in [0.4, 0.5) is 10.5 Å². The zero-order chi connectivity index (χ0) is 19.9. The Morgan fingerprint density at radius 1 is 1.25 bits per heavy atom. The van der Waals surface area contributed by atoms with E-state index in [1.165, 1.54) is 0 Å². The van der Waals surface area contributed by atoms with E-state index in [1.807, 2.05) is 36.1 Å². The molecule has 2 aromatic rings. The molecule has 0 spiro atoms. The standard InChI is InChI=1S/C19H25N5O3S/c1-3-27-16-6-4-15(5-7-16)21-19(26)20-12-14-8-10-24(11-9-14)18(25)17-13(2)22-23-28-17/h4-7,14H,3,8-12H2,1-2H3,(H2,20,21,26). The number of benzene rings is 1. The maximum atomic E-state index is 12.5. The van der Waals surface area contributed by atoms with E-state index in [0.717, 1.165) is 35.8 Å². The summed E-state index contributed by atoms with van der Waals surface area (Å²) < 4.78 is 9.22. The molecule has 1 saturated heterocycles. The molecule has 0 unspecified atom stereocenters. The van der Waals surface area contributed by atoms with E-state index in [4.69, 9.17) is 4.74 Å². The highest BCUT2D eigenvalue weighted by Crippen LogP contribution is 2.21. The summed E-state index contributed by atoms with van der Waals surface area (Å²) in [4.78, 5) is 27.1. The Morgan fingerprint density at radius 2 is 1.96 bits per heavy atom. The number of anilines is 1. The molecule has 28 heavy (non-hydrogen) atoms. The van der Waals surface area contributed by atoms with E-state index < -0.39 is 0 Å². The molecule has 0 radical (unpaired) electrons. The fourth-order valence-corrected chi connectivity index (χ4v) is 3.75. The van der Waals surface area contributed by atoms with Crippen molar-refractivity contribution in [2.75, 3.05) is 31.6 Å². The third-order valence-corrected chi connectivity index (χ3v) is 5.54. The first-order valence-electron chi connectivity index (χ1n) is 9.42. The Kier molecular flexibility index (Phi) is 6.80. The lowest BCUT2D eigenvalue weighted by Gasteiger charge is -2.31. The average molecular weight is 404 g/mol. The minimum absolute atomic E-state index is 0.00662. The van der Waals surface area contributed by atoms with Gasteiger partial charge in [0.2, 0.25) is 0 Å². The zero-order valence-electron chi connectivity index (χ0n) is 16.1. The Hall–Kier alpha value is -2.68. The number of nitrogens with zero attached hydrogens (tertiary/aromatic N) is 3. The van der Waals surface area contributed by atoms with Gasteiger partial charge in [0.25, 0.3) is 5.91 Å². The van der Waals surface area contributed by atoms with Crippen LogP contribution in [0.1, 0.15) is 35.1 Å². The van der Waals surface area contributed by atoms with Crippen molar-refractivity contribution in [1.82, 2.24) is 19.8 Å². The topological polar surface area (TPSA) is 96.5 Å². The van der Waals surface area contributed by atoms with Crippen molar-refractivity contribution in [3.8, 4) is 5.75 Å². The summed E-state index contributed by atoms with van der Waals surface area (Å²) in [5.74, 6) is 1.14. The normalized spacial score (nSPS) is 14.6. The highest BCUT2D eigenvalue weighted by Gasteiger charge is 2.26. The minimum Gasteiger partial charge on any atom is -0.494 e. The lowest BCUT2D eigenvalue weighted by Crippen LogP contribution is -2.42. The second-order valence-electron chi connectivity index (χ2n) is 6.72. The molecular formula is C19H25N5O3S. The van der Waals surface area contributed by atoms with Crippen LogP contribution in [0.2, 0.25) is 0 Å². The van der Waals surface area contributed by atoms with Gasteiger partial charge in [0.15, 0.2) is 0 Å². The van der Waals surface area contributed by atoms with Crippen molar-refractivity contribution in [3.63, 3.8) is 0 Å². The number of carbonyl (C=O) groups excluding carboxylic acids is 2. The average Bonchev–Trinajstić information content (AvgIpc) is 3.14. The largest absolute Gasteiger partial charge is 0.494 e. The number of hydrogen-bond acceptors (Lipinski definition) is 6. The molecule has 2 N–H and O–H groups in total. The first kappa shape index (κ1) is 20.1. The third-order valence-electron chi connectivity index (χ3n) is 4.72. The fourth-order valence-electron chi connectivity index (χ4n) is 3.13. The van der Waals surface area contributed by atoms with Crippen LogP contribution in [0.25, 0.3) is 0 Å². The fraction of sp³-hybridized carbons (Fsp3) is 0.474. The molecule has 8 nitrogen and oxygen atoms in total. The van der Waals surface area contributed by atoms with Gasteiger partial charge in [0.05, 0.1) is 12.3 Å². The first-order valence-corrected chi connectivity index (χ1v) is 10.2. The van der Waals surface area contributed by atoms with E-state index in [9.17, 15) is 9.59 Å². The highest BCUT2D eigenvalue weighted by atomic mass is 32.1. The summed E-state index contributed by atoms with van der Waals surface area (Å²) in [5.41, 5.74) is 1.40. The van der Waals surface area contributed by atoms with Gasteiger partial charge in [0.1, 0.15) is 10.6 Å². The van der Waals surface area contributed by atoms with Gasteiger partial charge in [-0.05, 0) is 68.4 Å². The van der Waals surface area contributed by atoms with Crippen LogP contribution in [0.3, 0.4) is 0 Å². The van der Waals surface area contributed by atoms with E-state index >= 15 is 0 Å². The maximum absolute atomic E-state index is 12.5. The maximum Gasteiger partial charge on any atom is 0.319 e. The van der Waals surface area contributed by atoms with E-state index in [1.54, 1.807) is 6.92 Å². The van der Waals surface area contributed by atoms with Crippen LogP contribution in [0, 0.1) is 12.8 Å². The minimum atomic E-state index is -0.228. The Morgan fingerprint density at radius 3 is 2.57 bits per heavy atom. The summed E-state index contributed by atoms with van der Waals surface area (Å²) in [5, 5.41) is 9.64. The quantitative estimate of drug-likeness (QED) is 0.773. The summed E-state index contributed by atoms with van der Waals surface area (Å²) in [6.07, 6.45) is 1.72. The molecule has 150 valence electrons. The van der Waals surface area contributed by atoms with Gasteiger partial charge in [0, 0.05) is 25.3 Å². The molecule has 3 amide bonds. The molecule has 1 aliphatic heterocycles. The van der Waals surface area contributed by atoms with Gasteiger partial charge in [-0.25, -0.2) is 4.79 Å². The molecule has 0 saturated carbocycles. The Bertz CT molecular complexity index is 800. The predicted molar refractivity (Wildman–Crippen MR) is 108 cm³/mol. The Balaban J connectivity index is 1.39. The number of hydrogen-bond donors (Lipinski definition) is 2. The monoisotopic (exact) mass is 403 g/mol. The van der Waals surface area contributed by atoms with E-state index in [-0.39, 0.29) is 11.9 Å². The van der Waals surface area contributed by atoms with Gasteiger partial charge in [-0.2, -0.15) is 0 Å². The van der Waals surface area contributed by atoms with Gasteiger partial charge in [-0.15, -0.1) is 5.10 Å². The Labute approximate surface area is 168 Å². The number of nitrogens with one attached hydrogen (secondary N) is 2. The van der Waals surface area contributed by atoms with Gasteiger partial charge in [-0.1, -0.05) is 4.49 Å². The van der Waals surface area contributed by atoms with Gasteiger partial charge < -0.3 is 20.3 Å². The summed E-state index contributed by atoms with van der Waals surface area (Å²) in [6.45, 7) is 6.30. The molecule has 3 rings (SSSR count). The first-order chi connectivity index (χ1) is 13.6. The summed E-state index contributed by atoms with van der Waals surface area (Å²) >= 11 is 1.15. The van der Waals surface area contributed by atoms with Crippen LogP contribution < -0.4 is 15.4 Å². The summed E-state index contributed by atoms with van der Waals surface area (Å²) in [6, 6.07) is 7.04. The highest BCUT2D eigenvalue weighted by molar-refractivity contribution is 7.07. The number of amides is 3. The van der Waals surface area contributed by atoms with Gasteiger partial charge in [-0.3, -0.25) is 4.79 Å². The van der Waals surface area contributed by atoms with Crippen molar-refractivity contribution in [2.45, 2.75) is 26.7 Å². The van der Waals surface area contributed by atoms with E-state index in [0.29, 0.717) is 42.7 Å². The molecule has 1 aromatic carbocycles. The number of ether oxygens (including phenoxy) is 1. The number of piperidine rings is 1. The number of rotatable bonds is 6. The molecule has 0 atom stereocenters.